The Kier molecular flexibility index (Phi) is 7.34. The first-order chi connectivity index (χ1) is 12.7. The lowest BCUT2D eigenvalue weighted by atomic mass is 9.68. The Morgan fingerprint density at radius 1 is 0.923 bits per heavy atom. The summed E-state index contributed by atoms with van der Waals surface area (Å²) in [5, 5.41) is 8.74. The second-order valence-corrected chi connectivity index (χ2v) is 8.41. The lowest BCUT2D eigenvalue weighted by Crippen LogP contribution is -2.27. The number of rotatable bonds is 7. The van der Waals surface area contributed by atoms with Gasteiger partial charge in [0.1, 0.15) is 0 Å². The number of carbonyl (C=O) groups is 1. The minimum atomic E-state index is -0.892. The molecule has 1 N–H and O–H groups in total. The second kappa shape index (κ2) is 9.94. The second-order valence-electron chi connectivity index (χ2n) is 8.41. The third-order valence-electron chi connectivity index (χ3n) is 6.68. The van der Waals surface area contributed by atoms with E-state index in [0.717, 1.165) is 23.3 Å². The fourth-order valence-electron chi connectivity index (χ4n) is 5.28. The van der Waals surface area contributed by atoms with Crippen molar-refractivity contribution in [2.24, 2.45) is 17.8 Å². The van der Waals surface area contributed by atoms with Gasteiger partial charge < -0.3 is 5.11 Å². The highest BCUT2D eigenvalue weighted by atomic mass is 16.4. The highest BCUT2D eigenvalue weighted by Gasteiger charge is 2.30. The SMILES string of the molecule is O=C(O)/C=C/c1ccc(CCC(C2CCCCC2)C2CCCCC2)cc1. The van der Waals surface area contributed by atoms with Crippen LogP contribution >= 0.6 is 0 Å². The van der Waals surface area contributed by atoms with Crippen LogP contribution in [0.2, 0.25) is 0 Å². The molecule has 0 aromatic heterocycles. The molecule has 0 amide bonds. The number of aryl methyl sites for hydroxylation is 1. The van der Waals surface area contributed by atoms with Crippen molar-refractivity contribution in [2.45, 2.75) is 77.0 Å². The zero-order chi connectivity index (χ0) is 18.2. The van der Waals surface area contributed by atoms with Gasteiger partial charge in [-0.15, -0.1) is 0 Å². The Labute approximate surface area is 158 Å². The molecule has 2 aliphatic carbocycles. The standard InChI is InChI=1S/C24H34O2/c25-24(26)18-16-20-13-11-19(12-14-20)15-17-23(21-7-3-1-4-8-21)22-9-5-2-6-10-22/h11-14,16,18,21-23H,1-10,15,17H2,(H,25,26)/b18-16+. The number of aliphatic carboxylic acids is 1. The van der Waals surface area contributed by atoms with Crippen LogP contribution in [0.1, 0.15) is 81.8 Å². The molecule has 0 unspecified atom stereocenters. The van der Waals surface area contributed by atoms with Crippen LogP contribution in [0, 0.1) is 17.8 Å². The van der Waals surface area contributed by atoms with Crippen LogP contribution in [-0.2, 0) is 11.2 Å². The van der Waals surface area contributed by atoms with E-state index >= 15 is 0 Å². The molecular weight excluding hydrogens is 320 g/mol. The van der Waals surface area contributed by atoms with Crippen molar-refractivity contribution >= 4 is 12.0 Å². The summed E-state index contributed by atoms with van der Waals surface area (Å²) in [5.41, 5.74) is 2.36. The summed E-state index contributed by atoms with van der Waals surface area (Å²) in [4.78, 5) is 10.6. The zero-order valence-electron chi connectivity index (χ0n) is 16.0. The third kappa shape index (κ3) is 5.72. The molecule has 0 radical (unpaired) electrons. The minimum Gasteiger partial charge on any atom is -0.478 e. The van der Waals surface area contributed by atoms with E-state index in [2.05, 4.69) is 12.1 Å². The maximum Gasteiger partial charge on any atom is 0.328 e. The van der Waals surface area contributed by atoms with Gasteiger partial charge in [-0.05, 0) is 47.8 Å². The van der Waals surface area contributed by atoms with E-state index in [1.807, 2.05) is 12.1 Å². The number of carboxylic acids is 1. The minimum absolute atomic E-state index is 0.892. The van der Waals surface area contributed by atoms with E-state index < -0.39 is 5.97 Å². The summed E-state index contributed by atoms with van der Waals surface area (Å²) in [6.45, 7) is 0. The average Bonchev–Trinajstić information content (AvgIpc) is 2.69. The van der Waals surface area contributed by atoms with Gasteiger partial charge in [0.25, 0.3) is 0 Å². The molecule has 0 aliphatic heterocycles. The summed E-state index contributed by atoms with van der Waals surface area (Å²) in [7, 11) is 0. The van der Waals surface area contributed by atoms with Gasteiger partial charge in [-0.3, -0.25) is 0 Å². The highest BCUT2D eigenvalue weighted by molar-refractivity contribution is 5.85. The monoisotopic (exact) mass is 354 g/mol. The predicted octanol–water partition coefficient (Wildman–Crippen LogP) is 6.49. The Hall–Kier alpha value is -1.57. The van der Waals surface area contributed by atoms with E-state index in [-0.39, 0.29) is 0 Å². The molecule has 2 heteroatoms. The molecule has 2 fully saturated rings. The number of benzene rings is 1. The molecule has 3 rings (SSSR count). The van der Waals surface area contributed by atoms with Crippen molar-refractivity contribution in [3.05, 3.63) is 41.5 Å². The Morgan fingerprint density at radius 3 is 1.96 bits per heavy atom. The van der Waals surface area contributed by atoms with Crippen molar-refractivity contribution in [3.63, 3.8) is 0 Å². The molecule has 1 aromatic carbocycles. The van der Waals surface area contributed by atoms with Gasteiger partial charge in [-0.2, -0.15) is 0 Å². The lowest BCUT2D eigenvalue weighted by molar-refractivity contribution is -0.131. The van der Waals surface area contributed by atoms with E-state index in [1.165, 1.54) is 88.7 Å². The fraction of sp³-hybridized carbons (Fsp3) is 0.625. The summed E-state index contributed by atoms with van der Waals surface area (Å²) in [6.07, 6.45) is 19.9. The summed E-state index contributed by atoms with van der Waals surface area (Å²) < 4.78 is 0. The summed E-state index contributed by atoms with van der Waals surface area (Å²) >= 11 is 0. The maximum absolute atomic E-state index is 10.6. The lowest BCUT2D eigenvalue weighted by Gasteiger charge is -2.38. The largest absolute Gasteiger partial charge is 0.478 e. The van der Waals surface area contributed by atoms with Crippen molar-refractivity contribution < 1.29 is 9.90 Å². The quantitative estimate of drug-likeness (QED) is 0.568. The Bertz CT molecular complexity index is 557. The van der Waals surface area contributed by atoms with Crippen molar-refractivity contribution in [3.8, 4) is 0 Å². The first kappa shape index (κ1) is 19.2. The molecule has 0 atom stereocenters. The van der Waals surface area contributed by atoms with Crippen LogP contribution in [0.25, 0.3) is 6.08 Å². The van der Waals surface area contributed by atoms with Crippen molar-refractivity contribution in [2.75, 3.05) is 0 Å². The predicted molar refractivity (Wildman–Crippen MR) is 108 cm³/mol. The van der Waals surface area contributed by atoms with E-state index in [4.69, 9.17) is 5.11 Å². The van der Waals surface area contributed by atoms with E-state index in [1.54, 1.807) is 6.08 Å². The van der Waals surface area contributed by atoms with Gasteiger partial charge in [0.15, 0.2) is 0 Å². The summed E-state index contributed by atoms with van der Waals surface area (Å²) in [6, 6.07) is 8.46. The first-order valence-corrected chi connectivity index (χ1v) is 10.7. The Balaban J connectivity index is 1.60. The molecule has 2 nitrogen and oxygen atoms in total. The first-order valence-electron chi connectivity index (χ1n) is 10.7. The van der Waals surface area contributed by atoms with E-state index in [9.17, 15) is 4.79 Å². The normalized spacial score (nSPS) is 20.0. The maximum atomic E-state index is 10.6. The van der Waals surface area contributed by atoms with Crippen LogP contribution in [0.4, 0.5) is 0 Å². The van der Waals surface area contributed by atoms with Gasteiger partial charge >= 0.3 is 5.97 Å². The molecular formula is C24H34O2. The van der Waals surface area contributed by atoms with Crippen LogP contribution in [0.15, 0.2) is 30.3 Å². The van der Waals surface area contributed by atoms with Gasteiger partial charge in [-0.25, -0.2) is 4.79 Å². The highest BCUT2D eigenvalue weighted by Crippen LogP contribution is 2.42. The zero-order valence-corrected chi connectivity index (χ0v) is 16.0. The smallest absolute Gasteiger partial charge is 0.328 e. The number of carboxylic acid groups (broad SMARTS) is 1. The molecule has 2 aliphatic rings. The molecule has 26 heavy (non-hydrogen) atoms. The van der Waals surface area contributed by atoms with Crippen LogP contribution in [0.3, 0.4) is 0 Å². The molecule has 2 saturated carbocycles. The topological polar surface area (TPSA) is 37.3 Å². The van der Waals surface area contributed by atoms with Crippen LogP contribution in [-0.4, -0.2) is 11.1 Å². The fourth-order valence-corrected chi connectivity index (χ4v) is 5.28. The molecule has 0 bridgehead atoms. The molecule has 0 spiro atoms. The van der Waals surface area contributed by atoms with Gasteiger partial charge in [0.05, 0.1) is 0 Å². The molecule has 142 valence electrons. The number of hydrogen-bond donors (Lipinski definition) is 1. The molecule has 1 aromatic rings. The van der Waals surface area contributed by atoms with E-state index in [0.29, 0.717) is 0 Å². The van der Waals surface area contributed by atoms with Gasteiger partial charge in [-0.1, -0.05) is 88.5 Å². The van der Waals surface area contributed by atoms with Crippen LogP contribution in [0.5, 0.6) is 0 Å². The van der Waals surface area contributed by atoms with Crippen molar-refractivity contribution in [1.29, 1.82) is 0 Å². The molecule has 0 heterocycles. The average molecular weight is 355 g/mol. The van der Waals surface area contributed by atoms with Gasteiger partial charge in [0.2, 0.25) is 0 Å². The van der Waals surface area contributed by atoms with Gasteiger partial charge in [0, 0.05) is 6.08 Å². The van der Waals surface area contributed by atoms with Crippen LogP contribution < -0.4 is 0 Å². The Morgan fingerprint density at radius 2 is 1.46 bits per heavy atom. The number of hydrogen-bond acceptors (Lipinski definition) is 1. The summed E-state index contributed by atoms with van der Waals surface area (Å²) in [5.74, 6) is 1.95. The molecule has 0 saturated heterocycles. The van der Waals surface area contributed by atoms with Crippen molar-refractivity contribution in [1.82, 2.24) is 0 Å². The third-order valence-corrected chi connectivity index (χ3v) is 6.68.